The highest BCUT2D eigenvalue weighted by Gasteiger charge is 2.35. The highest BCUT2D eigenvalue weighted by molar-refractivity contribution is 7.91. The Bertz CT molecular complexity index is 1580. The van der Waals surface area contributed by atoms with E-state index in [9.17, 15) is 21.9 Å². The fourth-order valence-corrected chi connectivity index (χ4v) is 6.20. The summed E-state index contributed by atoms with van der Waals surface area (Å²) in [5.41, 5.74) is -0.838. The normalized spacial score (nSPS) is 11.6. The van der Waals surface area contributed by atoms with Crippen LogP contribution < -0.4 is 34.7 Å². The molecule has 0 aromatic heterocycles. The molecule has 0 amide bonds. The molecule has 3 rings (SSSR count). The predicted octanol–water partition coefficient (Wildman–Crippen LogP) is 2.64. The second-order valence-electron chi connectivity index (χ2n) is 8.71. The number of nitrogens with two attached hydrogens (primary N) is 1. The third kappa shape index (κ3) is 6.95. The maximum atomic E-state index is 15.8. The van der Waals surface area contributed by atoms with Crippen molar-refractivity contribution >= 4 is 31.2 Å². The molecule has 0 aliphatic heterocycles. The van der Waals surface area contributed by atoms with Crippen LogP contribution >= 0.6 is 0 Å². The number of ether oxygens (including phenoxy) is 4. The topological polar surface area (TPSA) is 176 Å². The lowest BCUT2D eigenvalue weighted by molar-refractivity contribution is 0.319. The number of halogens is 2. The molecule has 12 nitrogen and oxygen atoms in total. The molecule has 0 bridgehead atoms. The molecule has 16 heteroatoms. The minimum absolute atomic E-state index is 0.260. The molecule has 0 heterocycles. The molecule has 0 unspecified atom stereocenters. The van der Waals surface area contributed by atoms with Crippen molar-refractivity contribution in [3.8, 4) is 23.0 Å². The van der Waals surface area contributed by atoms with Crippen LogP contribution in [-0.4, -0.2) is 62.7 Å². The predicted molar refractivity (Wildman–Crippen MR) is 151 cm³/mol. The molecule has 0 atom stereocenters. The van der Waals surface area contributed by atoms with Crippen molar-refractivity contribution in [2.45, 2.75) is 22.9 Å². The molecule has 0 aliphatic rings. The van der Waals surface area contributed by atoms with Crippen molar-refractivity contribution in [3.63, 3.8) is 0 Å². The van der Waals surface area contributed by atoms with Gasteiger partial charge >= 0.3 is 0 Å². The number of anilines is 2. The molecule has 3 aromatic rings. The van der Waals surface area contributed by atoms with Gasteiger partial charge in [0.15, 0.2) is 49.4 Å². The van der Waals surface area contributed by atoms with E-state index in [2.05, 4.69) is 10.6 Å². The van der Waals surface area contributed by atoms with Crippen LogP contribution in [0.1, 0.15) is 11.1 Å². The summed E-state index contributed by atoms with van der Waals surface area (Å²) in [5.74, 6) is -3.01. The van der Waals surface area contributed by atoms with Crippen LogP contribution in [-0.2, 0) is 33.0 Å². The molecular formula is C26H31F2N3O9S2. The zero-order valence-corrected chi connectivity index (χ0v) is 24.8. The number of sulfone groups is 1. The lowest BCUT2D eigenvalue weighted by atomic mass is 10.1. The van der Waals surface area contributed by atoms with E-state index >= 15 is 8.78 Å². The van der Waals surface area contributed by atoms with Gasteiger partial charge in [-0.05, 0) is 35.4 Å². The monoisotopic (exact) mass is 631 g/mol. The van der Waals surface area contributed by atoms with E-state index in [1.54, 1.807) is 24.3 Å². The standard InChI is InChI=1S/C26H31F2N3O9S2/c1-37-17-7-5-15(11-19(17)39-3)13-30-23-21(27)25(42(29,35)36)22(28)24(26(23)41(33,34)10-9-32)31-14-16-6-8-18(38-2)20(12-16)40-4/h5-8,11-12,30-32H,9-10,13-14H2,1-4H3,(H2,29,35,36). The number of benzene rings is 3. The fraction of sp³-hybridized carbons (Fsp3) is 0.308. The highest BCUT2D eigenvalue weighted by Crippen LogP contribution is 2.41. The van der Waals surface area contributed by atoms with Crippen molar-refractivity contribution in [2.75, 3.05) is 51.4 Å². The highest BCUT2D eigenvalue weighted by atomic mass is 32.2. The van der Waals surface area contributed by atoms with Gasteiger partial charge in [0.2, 0.25) is 10.0 Å². The van der Waals surface area contributed by atoms with Crippen molar-refractivity contribution in [2.24, 2.45) is 5.14 Å². The lowest BCUT2D eigenvalue weighted by Gasteiger charge is -2.21. The van der Waals surface area contributed by atoms with Gasteiger partial charge in [-0.25, -0.2) is 30.8 Å². The summed E-state index contributed by atoms with van der Waals surface area (Å²) in [5, 5.41) is 19.7. The molecule has 0 saturated heterocycles. The van der Waals surface area contributed by atoms with Crippen molar-refractivity contribution in [1.29, 1.82) is 0 Å². The average Bonchev–Trinajstić information content (AvgIpc) is 2.94. The first kappa shape index (κ1) is 32.7. The lowest BCUT2D eigenvalue weighted by Crippen LogP contribution is -2.23. The Morgan fingerprint density at radius 3 is 1.45 bits per heavy atom. The second kappa shape index (κ2) is 13.4. The number of sulfonamides is 1. The quantitative estimate of drug-likeness (QED) is 0.206. The van der Waals surface area contributed by atoms with E-state index in [-0.39, 0.29) is 13.1 Å². The average molecular weight is 632 g/mol. The van der Waals surface area contributed by atoms with Crippen LogP contribution in [0.15, 0.2) is 46.2 Å². The van der Waals surface area contributed by atoms with E-state index in [0.29, 0.717) is 34.1 Å². The van der Waals surface area contributed by atoms with Crippen LogP contribution in [0.5, 0.6) is 23.0 Å². The molecule has 0 spiro atoms. The Labute approximate surface area is 242 Å². The van der Waals surface area contributed by atoms with E-state index in [1.165, 1.54) is 40.6 Å². The Balaban J connectivity index is 2.21. The van der Waals surface area contributed by atoms with Gasteiger partial charge in [0.1, 0.15) is 4.90 Å². The molecule has 0 fully saturated rings. The molecule has 3 aromatic carbocycles. The third-order valence-electron chi connectivity index (χ3n) is 6.08. The van der Waals surface area contributed by atoms with Crippen LogP contribution in [0, 0.1) is 11.6 Å². The number of aliphatic hydroxyl groups excluding tert-OH is 1. The van der Waals surface area contributed by atoms with E-state index in [4.69, 9.17) is 24.1 Å². The summed E-state index contributed by atoms with van der Waals surface area (Å²) in [6, 6.07) is 9.26. The number of rotatable bonds is 14. The van der Waals surface area contributed by atoms with E-state index in [1.807, 2.05) is 0 Å². The van der Waals surface area contributed by atoms with Crippen LogP contribution in [0.4, 0.5) is 20.2 Å². The molecule has 42 heavy (non-hydrogen) atoms. The van der Waals surface area contributed by atoms with Crippen LogP contribution in [0.3, 0.4) is 0 Å². The summed E-state index contributed by atoms with van der Waals surface area (Å²) in [7, 11) is -4.02. The number of methoxy groups -OCH3 is 4. The van der Waals surface area contributed by atoms with Gasteiger partial charge in [-0.3, -0.25) is 0 Å². The minimum Gasteiger partial charge on any atom is -0.493 e. The summed E-state index contributed by atoms with van der Waals surface area (Å²) in [6.45, 7) is -1.40. The van der Waals surface area contributed by atoms with Crippen LogP contribution in [0.25, 0.3) is 0 Å². The first-order chi connectivity index (χ1) is 19.8. The smallest absolute Gasteiger partial charge is 0.244 e. The fourth-order valence-electron chi connectivity index (χ4n) is 4.11. The minimum atomic E-state index is -5.04. The van der Waals surface area contributed by atoms with Crippen molar-refractivity contribution < 1.29 is 49.7 Å². The number of primary sulfonamides is 1. The van der Waals surface area contributed by atoms with Gasteiger partial charge in [0.25, 0.3) is 0 Å². The number of nitrogens with one attached hydrogen (secondary N) is 2. The van der Waals surface area contributed by atoms with Gasteiger partial charge in [0, 0.05) is 13.1 Å². The summed E-state index contributed by atoms with van der Waals surface area (Å²) in [6.07, 6.45) is 0. The number of hydrogen-bond donors (Lipinski definition) is 4. The van der Waals surface area contributed by atoms with Crippen LogP contribution in [0.2, 0.25) is 0 Å². The first-order valence-electron chi connectivity index (χ1n) is 12.1. The molecular weight excluding hydrogens is 600 g/mol. The maximum absolute atomic E-state index is 15.8. The van der Waals surface area contributed by atoms with Gasteiger partial charge in [-0.1, -0.05) is 12.1 Å². The molecule has 230 valence electrons. The maximum Gasteiger partial charge on any atom is 0.244 e. The Kier molecular flexibility index (Phi) is 10.4. The largest absolute Gasteiger partial charge is 0.493 e. The molecule has 5 N–H and O–H groups in total. The van der Waals surface area contributed by atoms with Crippen molar-refractivity contribution in [1.82, 2.24) is 0 Å². The molecule has 0 saturated carbocycles. The van der Waals surface area contributed by atoms with E-state index < -0.39 is 65.0 Å². The first-order valence-corrected chi connectivity index (χ1v) is 15.3. The van der Waals surface area contributed by atoms with Gasteiger partial charge < -0.3 is 34.7 Å². The Morgan fingerprint density at radius 1 is 0.714 bits per heavy atom. The molecule has 0 aliphatic carbocycles. The number of aliphatic hydroxyl groups is 1. The zero-order chi connectivity index (χ0) is 31.2. The Morgan fingerprint density at radius 2 is 1.12 bits per heavy atom. The summed E-state index contributed by atoms with van der Waals surface area (Å²) in [4.78, 5) is -2.48. The summed E-state index contributed by atoms with van der Waals surface area (Å²) < 4.78 is 104. The summed E-state index contributed by atoms with van der Waals surface area (Å²) >= 11 is 0. The molecule has 0 radical (unpaired) electrons. The Hall–Kier alpha value is -3.86. The van der Waals surface area contributed by atoms with Crippen molar-refractivity contribution in [3.05, 3.63) is 59.2 Å². The van der Waals surface area contributed by atoms with E-state index in [0.717, 1.165) is 0 Å². The third-order valence-corrected chi connectivity index (χ3v) is 8.76. The van der Waals surface area contributed by atoms with Gasteiger partial charge in [0.05, 0.1) is 52.2 Å². The zero-order valence-electron chi connectivity index (χ0n) is 23.2. The number of hydrogen-bond acceptors (Lipinski definition) is 11. The second-order valence-corrected chi connectivity index (χ2v) is 12.3. The van der Waals surface area contributed by atoms with Gasteiger partial charge in [-0.2, -0.15) is 0 Å². The van der Waals surface area contributed by atoms with Gasteiger partial charge in [-0.15, -0.1) is 0 Å². The SMILES string of the molecule is COc1ccc(CNc2c(F)c(S(N)(=O)=O)c(F)c(NCc3ccc(OC)c(OC)c3)c2S(=O)(=O)CCO)cc1OC.